The molecule has 2 aliphatic heterocycles. The van der Waals surface area contributed by atoms with E-state index in [0.717, 1.165) is 65.2 Å². The highest BCUT2D eigenvalue weighted by Crippen LogP contribution is 2.61. The molecule has 59 heavy (non-hydrogen) atoms. The fourth-order valence-corrected chi connectivity index (χ4v) is 9.92. The molecule has 9 rings (SSSR count). The van der Waals surface area contributed by atoms with Gasteiger partial charge in [0.25, 0.3) is 0 Å². The summed E-state index contributed by atoms with van der Waals surface area (Å²) >= 11 is 0. The van der Waals surface area contributed by atoms with E-state index in [1.54, 1.807) is 7.11 Å². The van der Waals surface area contributed by atoms with Gasteiger partial charge in [-0.1, -0.05) is 86.7 Å². The molecule has 1 spiro atoms. The van der Waals surface area contributed by atoms with E-state index in [9.17, 15) is 9.59 Å². The summed E-state index contributed by atoms with van der Waals surface area (Å²) in [6, 6.07) is 32.2. The summed E-state index contributed by atoms with van der Waals surface area (Å²) in [5.41, 5.74) is 8.63. The zero-order valence-electron chi connectivity index (χ0n) is 33.7. The van der Waals surface area contributed by atoms with Crippen LogP contribution in [0.4, 0.5) is 5.69 Å². The summed E-state index contributed by atoms with van der Waals surface area (Å²) in [5.74, 6) is 0.654. The number of morpholine rings is 1. The Bertz CT molecular complexity index is 2370. The third-order valence-electron chi connectivity index (χ3n) is 12.8. The van der Waals surface area contributed by atoms with Gasteiger partial charge in [0.05, 0.1) is 33.2 Å². The lowest BCUT2D eigenvalue weighted by Gasteiger charge is -2.40. The Kier molecular flexibility index (Phi) is 10.8. The molecule has 4 aliphatic rings. The molecule has 2 fully saturated rings. The monoisotopic (exact) mass is 793 g/mol. The fraction of sp³-hybridized carbons (Fsp3) is 0.360. The van der Waals surface area contributed by atoms with Crippen molar-refractivity contribution in [3.63, 3.8) is 0 Å². The number of rotatable bonds is 11. The minimum atomic E-state index is -1.04. The molecule has 5 aromatic carbocycles. The molecule has 1 unspecified atom stereocenters. The summed E-state index contributed by atoms with van der Waals surface area (Å²) in [6.07, 6.45) is 12.5. The molecule has 0 aromatic heterocycles. The maximum atomic E-state index is 11.9. The van der Waals surface area contributed by atoms with Crippen LogP contribution in [0.2, 0.25) is 0 Å². The third-order valence-corrected chi connectivity index (χ3v) is 12.8. The van der Waals surface area contributed by atoms with Gasteiger partial charge in [0.1, 0.15) is 30.5 Å². The molecule has 2 heterocycles. The van der Waals surface area contributed by atoms with Crippen LogP contribution in [0.15, 0.2) is 97.1 Å². The van der Waals surface area contributed by atoms with Crippen molar-refractivity contribution in [3.05, 3.63) is 125 Å². The molecule has 0 radical (unpaired) electrons. The van der Waals surface area contributed by atoms with Crippen molar-refractivity contribution >= 4 is 34.5 Å². The van der Waals surface area contributed by atoms with Crippen LogP contribution in [-0.4, -0.2) is 63.7 Å². The highest BCUT2D eigenvalue weighted by Gasteiger charge is 2.48. The van der Waals surface area contributed by atoms with E-state index in [2.05, 4.69) is 83.8 Å². The van der Waals surface area contributed by atoms with Crippen LogP contribution >= 0.6 is 0 Å². The van der Waals surface area contributed by atoms with Gasteiger partial charge in [0.2, 0.25) is 0 Å². The molecule has 0 bridgehead atoms. The number of carbonyl (C=O) groups is 2. The molecule has 5 aromatic rings. The molecule has 9 heteroatoms. The van der Waals surface area contributed by atoms with Gasteiger partial charge in [0, 0.05) is 46.3 Å². The Morgan fingerprint density at radius 2 is 1.47 bits per heavy atom. The van der Waals surface area contributed by atoms with Crippen molar-refractivity contribution in [2.45, 2.75) is 68.8 Å². The van der Waals surface area contributed by atoms with Crippen molar-refractivity contribution in [1.29, 1.82) is 0 Å². The topological polar surface area (TPSA) is 104 Å². The summed E-state index contributed by atoms with van der Waals surface area (Å²) in [5, 5.41) is 11.0. The van der Waals surface area contributed by atoms with Crippen LogP contribution in [0, 0.1) is 0 Å². The first-order valence-electron chi connectivity index (χ1n) is 21.1. The second kappa shape index (κ2) is 16.5. The molecule has 1 atom stereocenters. The first kappa shape index (κ1) is 38.7. The normalized spacial score (nSPS) is 19.2. The number of anilines is 1. The standard InChI is InChI=1S/C50H51NO8/c1-55-38-19-20-39-42(33-38)48-41(47-46(39)40-9-5-6-10-43(40)49(47)24-7-3-2-4-8-25-49)23-26-50(59-48,34-11-15-36(16-12-34)51-27-29-56-30-28-51)35-13-17-37(18-14-35)57-31-32-58-45(54)22-21-44(52)53/h5-6,9-20,23,26,33H,2-4,7-8,21-22,24-25,27-32H2,1H3,(H,52,53). The van der Waals surface area contributed by atoms with E-state index in [0.29, 0.717) is 19.0 Å². The van der Waals surface area contributed by atoms with Gasteiger partial charge in [-0.2, -0.15) is 0 Å². The number of fused-ring (bicyclic) bond motifs is 10. The van der Waals surface area contributed by atoms with Crippen LogP contribution < -0.4 is 19.1 Å². The average Bonchev–Trinajstić information content (AvgIpc) is 3.56. The third kappa shape index (κ3) is 7.20. The van der Waals surface area contributed by atoms with Gasteiger partial charge in [-0.05, 0) is 89.0 Å². The van der Waals surface area contributed by atoms with Crippen LogP contribution in [0.5, 0.6) is 17.2 Å². The van der Waals surface area contributed by atoms with Gasteiger partial charge >= 0.3 is 11.9 Å². The minimum absolute atomic E-state index is 0.0223. The molecule has 304 valence electrons. The molecule has 9 nitrogen and oxygen atoms in total. The number of esters is 1. The van der Waals surface area contributed by atoms with E-state index in [-0.39, 0.29) is 31.5 Å². The maximum Gasteiger partial charge on any atom is 0.306 e. The Morgan fingerprint density at radius 1 is 0.780 bits per heavy atom. The number of nitrogens with zero attached hydrogens (tertiary/aromatic N) is 1. The molecule has 1 saturated carbocycles. The Hall–Kier alpha value is -5.80. The lowest BCUT2D eigenvalue weighted by atomic mass is 9.67. The number of hydrogen-bond acceptors (Lipinski definition) is 8. The van der Waals surface area contributed by atoms with E-state index in [1.807, 2.05) is 24.3 Å². The lowest BCUT2D eigenvalue weighted by Crippen LogP contribution is -2.37. The summed E-state index contributed by atoms with van der Waals surface area (Å²) in [7, 11) is 1.72. The Morgan fingerprint density at radius 3 is 2.20 bits per heavy atom. The highest BCUT2D eigenvalue weighted by molar-refractivity contribution is 6.09. The van der Waals surface area contributed by atoms with Gasteiger partial charge in [0.15, 0.2) is 5.60 Å². The van der Waals surface area contributed by atoms with Crippen molar-refractivity contribution in [2.75, 3.05) is 51.5 Å². The molecule has 1 saturated heterocycles. The lowest BCUT2D eigenvalue weighted by molar-refractivity contribution is -0.148. The minimum Gasteiger partial charge on any atom is -0.497 e. The summed E-state index contributed by atoms with van der Waals surface area (Å²) < 4.78 is 30.3. The molecular weight excluding hydrogens is 743 g/mol. The fourth-order valence-electron chi connectivity index (χ4n) is 9.92. The van der Waals surface area contributed by atoms with Crippen molar-refractivity contribution < 1.29 is 38.4 Å². The first-order valence-corrected chi connectivity index (χ1v) is 21.1. The number of methoxy groups -OCH3 is 1. The summed E-state index contributed by atoms with van der Waals surface area (Å²) in [4.78, 5) is 25.1. The van der Waals surface area contributed by atoms with Crippen LogP contribution in [0.25, 0.3) is 28.0 Å². The van der Waals surface area contributed by atoms with Gasteiger partial charge in [-0.3, -0.25) is 9.59 Å². The second-order valence-corrected chi connectivity index (χ2v) is 16.1. The van der Waals surface area contributed by atoms with Gasteiger partial charge in [-0.25, -0.2) is 0 Å². The largest absolute Gasteiger partial charge is 0.497 e. The molecule has 1 N–H and O–H groups in total. The van der Waals surface area contributed by atoms with E-state index < -0.39 is 17.5 Å². The first-order chi connectivity index (χ1) is 28.9. The van der Waals surface area contributed by atoms with Crippen molar-refractivity contribution in [1.82, 2.24) is 0 Å². The SMILES string of the molecule is COc1ccc2c3c(c4c(c2c1)OC(c1ccc(OCCOC(=O)CCC(=O)O)cc1)(c1ccc(N2CCOCC2)cc1)C=C4)C1(CCCCCCC1)c1ccccc1-3. The average molecular weight is 794 g/mol. The zero-order valence-corrected chi connectivity index (χ0v) is 33.7. The maximum absolute atomic E-state index is 11.9. The zero-order chi connectivity index (χ0) is 40.4. The van der Waals surface area contributed by atoms with E-state index >= 15 is 0 Å². The van der Waals surface area contributed by atoms with Gasteiger partial charge in [-0.15, -0.1) is 0 Å². The van der Waals surface area contributed by atoms with E-state index in [1.165, 1.54) is 59.7 Å². The number of carboxylic acid groups (broad SMARTS) is 1. The number of carbonyl (C=O) groups excluding carboxylic acids is 1. The van der Waals surface area contributed by atoms with Gasteiger partial charge < -0.3 is 33.7 Å². The predicted molar refractivity (Wildman–Crippen MR) is 229 cm³/mol. The molecule has 2 aliphatic carbocycles. The quantitative estimate of drug-likeness (QED) is 0.103. The van der Waals surface area contributed by atoms with Crippen LogP contribution in [0.3, 0.4) is 0 Å². The smallest absolute Gasteiger partial charge is 0.306 e. The highest BCUT2D eigenvalue weighted by atomic mass is 16.6. The number of ether oxygens (including phenoxy) is 5. The van der Waals surface area contributed by atoms with Crippen molar-refractivity contribution in [3.8, 4) is 28.4 Å². The Balaban J connectivity index is 1.15. The number of hydrogen-bond donors (Lipinski definition) is 1. The second-order valence-electron chi connectivity index (χ2n) is 16.1. The number of carboxylic acids is 1. The van der Waals surface area contributed by atoms with Crippen LogP contribution in [0.1, 0.15) is 85.6 Å². The predicted octanol–water partition coefficient (Wildman–Crippen LogP) is 9.83. The number of benzene rings is 5. The Labute approximate surface area is 345 Å². The molecule has 0 amide bonds. The number of aliphatic carboxylic acids is 1. The van der Waals surface area contributed by atoms with Crippen LogP contribution in [-0.2, 0) is 30.1 Å². The van der Waals surface area contributed by atoms with Crippen molar-refractivity contribution in [2.24, 2.45) is 0 Å². The molecular formula is C50H51NO8. The van der Waals surface area contributed by atoms with E-state index in [4.69, 9.17) is 28.8 Å². The summed E-state index contributed by atoms with van der Waals surface area (Å²) in [6.45, 7) is 3.28.